The van der Waals surface area contributed by atoms with Gasteiger partial charge in [-0.15, -0.1) is 0 Å². The average molecular weight is 300 g/mol. The second kappa shape index (κ2) is 8.22. The van der Waals surface area contributed by atoms with Gasteiger partial charge in [0.1, 0.15) is 0 Å². The lowest BCUT2D eigenvalue weighted by Gasteiger charge is -2.41. The molecule has 122 valence electrons. The van der Waals surface area contributed by atoms with Gasteiger partial charge in [-0.05, 0) is 26.2 Å². The second-order valence-corrected chi connectivity index (χ2v) is 5.72. The van der Waals surface area contributed by atoms with E-state index in [1.54, 1.807) is 16.9 Å². The largest absolute Gasteiger partial charge is 0.481 e. The number of carboxylic acids is 1. The Bertz CT molecular complexity index is 358. The first kappa shape index (κ1) is 17.8. The van der Waals surface area contributed by atoms with Crippen molar-refractivity contribution in [3.05, 3.63) is 0 Å². The van der Waals surface area contributed by atoms with Crippen molar-refractivity contribution in [2.45, 2.75) is 39.5 Å². The monoisotopic (exact) mass is 300 g/mol. The molecular formula is C15H28N2O4. The number of aliphatic carboxylic acids is 1. The molecule has 1 aliphatic heterocycles. The molecule has 6 heteroatoms. The van der Waals surface area contributed by atoms with Crippen molar-refractivity contribution in [3.8, 4) is 0 Å². The van der Waals surface area contributed by atoms with Gasteiger partial charge in [-0.2, -0.15) is 0 Å². The molecule has 1 fully saturated rings. The number of carboxylic acid groups (broad SMARTS) is 1. The van der Waals surface area contributed by atoms with E-state index in [-0.39, 0.29) is 6.03 Å². The van der Waals surface area contributed by atoms with Gasteiger partial charge in [-0.3, -0.25) is 4.79 Å². The van der Waals surface area contributed by atoms with Crippen molar-refractivity contribution >= 4 is 12.0 Å². The fraction of sp³-hybridized carbons (Fsp3) is 0.867. The van der Waals surface area contributed by atoms with Crippen LogP contribution in [-0.2, 0) is 9.53 Å². The number of urea groups is 1. The van der Waals surface area contributed by atoms with E-state index < -0.39 is 11.4 Å². The molecule has 1 N–H and O–H groups in total. The SMILES string of the molecule is CCCC1(C(=O)O)CCCN(C(=O)N(CC)CCOC)C1. The predicted molar refractivity (Wildman–Crippen MR) is 80.3 cm³/mol. The van der Waals surface area contributed by atoms with Crippen molar-refractivity contribution in [2.24, 2.45) is 5.41 Å². The molecule has 21 heavy (non-hydrogen) atoms. The van der Waals surface area contributed by atoms with Crippen LogP contribution in [0.2, 0.25) is 0 Å². The quantitative estimate of drug-likeness (QED) is 0.781. The highest BCUT2D eigenvalue weighted by Gasteiger charge is 2.43. The molecule has 0 spiro atoms. The Morgan fingerprint density at radius 2 is 2.10 bits per heavy atom. The van der Waals surface area contributed by atoms with Gasteiger partial charge in [0.2, 0.25) is 0 Å². The third-order valence-electron chi connectivity index (χ3n) is 4.25. The highest BCUT2D eigenvalue weighted by molar-refractivity contribution is 5.79. The number of hydrogen-bond donors (Lipinski definition) is 1. The van der Waals surface area contributed by atoms with Crippen LogP contribution in [0, 0.1) is 5.41 Å². The summed E-state index contributed by atoms with van der Waals surface area (Å²) in [6, 6.07) is -0.0732. The van der Waals surface area contributed by atoms with E-state index >= 15 is 0 Å². The maximum absolute atomic E-state index is 12.6. The van der Waals surface area contributed by atoms with E-state index in [0.717, 1.165) is 12.8 Å². The molecule has 1 saturated heterocycles. The van der Waals surface area contributed by atoms with Crippen LogP contribution < -0.4 is 0 Å². The number of rotatable bonds is 7. The van der Waals surface area contributed by atoms with Crippen molar-refractivity contribution in [1.29, 1.82) is 0 Å². The minimum absolute atomic E-state index is 0.0732. The van der Waals surface area contributed by atoms with E-state index in [1.165, 1.54) is 0 Å². The van der Waals surface area contributed by atoms with E-state index in [4.69, 9.17) is 4.74 Å². The fourth-order valence-corrected chi connectivity index (χ4v) is 3.05. The number of methoxy groups -OCH3 is 1. The topological polar surface area (TPSA) is 70.1 Å². The summed E-state index contributed by atoms with van der Waals surface area (Å²) in [4.78, 5) is 27.6. The zero-order valence-corrected chi connectivity index (χ0v) is 13.4. The van der Waals surface area contributed by atoms with Gasteiger partial charge in [0.25, 0.3) is 0 Å². The van der Waals surface area contributed by atoms with E-state index in [0.29, 0.717) is 45.6 Å². The zero-order chi connectivity index (χ0) is 15.9. The number of amides is 2. The molecule has 0 radical (unpaired) electrons. The standard InChI is InChI=1S/C15H28N2O4/c1-4-7-15(13(18)19)8-6-9-17(12-15)14(20)16(5-2)10-11-21-3/h4-12H2,1-3H3,(H,18,19). The number of carbonyl (C=O) groups is 2. The van der Waals surface area contributed by atoms with Crippen LogP contribution in [0.25, 0.3) is 0 Å². The number of likely N-dealkylation sites (N-methyl/N-ethyl adjacent to an activating group) is 1. The van der Waals surface area contributed by atoms with Gasteiger partial charge in [0.05, 0.1) is 12.0 Å². The molecule has 0 aromatic rings. The van der Waals surface area contributed by atoms with Crippen LogP contribution in [0.5, 0.6) is 0 Å². The summed E-state index contributed by atoms with van der Waals surface area (Å²) >= 11 is 0. The van der Waals surface area contributed by atoms with Crippen LogP contribution in [0.1, 0.15) is 39.5 Å². The molecule has 6 nitrogen and oxygen atoms in total. The van der Waals surface area contributed by atoms with Crippen molar-refractivity contribution < 1.29 is 19.4 Å². The third-order valence-corrected chi connectivity index (χ3v) is 4.25. The van der Waals surface area contributed by atoms with Crippen LogP contribution in [0.15, 0.2) is 0 Å². The lowest BCUT2D eigenvalue weighted by molar-refractivity contribution is -0.152. The van der Waals surface area contributed by atoms with Crippen LogP contribution in [0.3, 0.4) is 0 Å². The van der Waals surface area contributed by atoms with Gasteiger partial charge in [-0.25, -0.2) is 4.79 Å². The summed E-state index contributed by atoms with van der Waals surface area (Å²) in [6.07, 6.45) is 2.84. The van der Waals surface area contributed by atoms with Crippen LogP contribution in [-0.4, -0.2) is 66.8 Å². The van der Waals surface area contributed by atoms with Gasteiger partial charge >= 0.3 is 12.0 Å². The summed E-state index contributed by atoms with van der Waals surface area (Å²) in [5.74, 6) is -0.776. The van der Waals surface area contributed by atoms with Gasteiger partial charge in [-0.1, -0.05) is 13.3 Å². The molecule has 0 saturated carbocycles. The van der Waals surface area contributed by atoms with Crippen molar-refractivity contribution in [1.82, 2.24) is 9.80 Å². The summed E-state index contributed by atoms with van der Waals surface area (Å²) in [7, 11) is 1.61. The zero-order valence-electron chi connectivity index (χ0n) is 13.4. The normalized spacial score (nSPS) is 22.1. The first-order valence-corrected chi connectivity index (χ1v) is 7.77. The Hall–Kier alpha value is -1.30. The third kappa shape index (κ3) is 4.33. The first-order valence-electron chi connectivity index (χ1n) is 7.77. The number of hydrogen-bond acceptors (Lipinski definition) is 3. The first-order chi connectivity index (χ1) is 10.0. The van der Waals surface area contributed by atoms with Gasteiger partial charge in [0.15, 0.2) is 0 Å². The fourth-order valence-electron chi connectivity index (χ4n) is 3.05. The van der Waals surface area contributed by atoms with Gasteiger partial charge in [0, 0.05) is 33.3 Å². The highest BCUT2D eigenvalue weighted by atomic mass is 16.5. The van der Waals surface area contributed by atoms with Crippen molar-refractivity contribution in [2.75, 3.05) is 39.9 Å². The molecule has 1 unspecified atom stereocenters. The second-order valence-electron chi connectivity index (χ2n) is 5.72. The Balaban J connectivity index is 2.77. The smallest absolute Gasteiger partial charge is 0.320 e. The molecule has 0 aromatic carbocycles. The lowest BCUT2D eigenvalue weighted by Crippen LogP contribution is -2.54. The van der Waals surface area contributed by atoms with Crippen molar-refractivity contribution in [3.63, 3.8) is 0 Å². The molecular weight excluding hydrogens is 272 g/mol. The minimum atomic E-state index is -0.776. The summed E-state index contributed by atoms with van der Waals surface area (Å²) in [6.45, 7) is 6.51. The van der Waals surface area contributed by atoms with E-state index in [2.05, 4.69) is 0 Å². The lowest BCUT2D eigenvalue weighted by atomic mass is 9.76. The molecule has 1 aliphatic rings. The predicted octanol–water partition coefficient (Wildman–Crippen LogP) is 2.04. The molecule has 1 heterocycles. The van der Waals surface area contributed by atoms with E-state index in [1.807, 2.05) is 13.8 Å². The Morgan fingerprint density at radius 3 is 2.62 bits per heavy atom. The molecule has 0 bridgehead atoms. The molecule has 1 atom stereocenters. The number of ether oxygens (including phenoxy) is 1. The van der Waals surface area contributed by atoms with E-state index in [9.17, 15) is 14.7 Å². The Morgan fingerprint density at radius 1 is 1.38 bits per heavy atom. The summed E-state index contributed by atoms with van der Waals surface area (Å²) < 4.78 is 5.02. The number of piperidine rings is 1. The summed E-state index contributed by atoms with van der Waals surface area (Å²) in [5.41, 5.74) is -0.774. The molecule has 0 aliphatic carbocycles. The Kier molecular flexibility index (Phi) is 6.95. The van der Waals surface area contributed by atoms with Gasteiger partial charge < -0.3 is 19.6 Å². The highest BCUT2D eigenvalue weighted by Crippen LogP contribution is 2.35. The Labute approximate surface area is 127 Å². The van der Waals surface area contributed by atoms with Crippen LogP contribution >= 0.6 is 0 Å². The number of nitrogens with zero attached hydrogens (tertiary/aromatic N) is 2. The molecule has 2 amide bonds. The minimum Gasteiger partial charge on any atom is -0.481 e. The van der Waals surface area contributed by atoms with Crippen LogP contribution in [0.4, 0.5) is 4.79 Å². The molecule has 1 rings (SSSR count). The maximum Gasteiger partial charge on any atom is 0.320 e. The maximum atomic E-state index is 12.6. The number of likely N-dealkylation sites (tertiary alicyclic amines) is 1. The average Bonchev–Trinajstić information content (AvgIpc) is 2.48. The molecule has 0 aromatic heterocycles. The number of carbonyl (C=O) groups excluding carboxylic acids is 1. The summed E-state index contributed by atoms with van der Waals surface area (Å²) in [5, 5.41) is 9.59.